The fourth-order valence-corrected chi connectivity index (χ4v) is 4.47. The number of anilines is 1. The smallest absolute Gasteiger partial charge is 0.132 e. The summed E-state index contributed by atoms with van der Waals surface area (Å²) in [6.07, 6.45) is 10.7. The minimum Gasteiger partial charge on any atom is -0.489 e. The van der Waals surface area contributed by atoms with E-state index in [1.54, 1.807) is 0 Å². The van der Waals surface area contributed by atoms with Crippen molar-refractivity contribution in [3.63, 3.8) is 0 Å². The van der Waals surface area contributed by atoms with Crippen molar-refractivity contribution in [2.45, 2.75) is 63.6 Å². The number of nitrogens with zero attached hydrogens (tertiary/aromatic N) is 2. The van der Waals surface area contributed by atoms with E-state index in [4.69, 9.17) is 10.1 Å². The molecule has 1 aliphatic carbocycles. The molecule has 2 atom stereocenters. The monoisotopic (exact) mass is 382 g/mol. The summed E-state index contributed by atoms with van der Waals surface area (Å²) in [5, 5.41) is 11.6. The fraction of sp³-hybridized carbons (Fsp3) is 0.609. The Labute approximate surface area is 169 Å². The lowest BCUT2D eigenvalue weighted by molar-refractivity contribution is 0.118. The van der Waals surface area contributed by atoms with Crippen LogP contribution in [-0.4, -0.2) is 56.5 Å². The SMILES string of the molecule is CC1CCc2c(ccc(/C(C=N)=C/NC3CCN(C)C3)c2OC2CCC2)N1C. The lowest BCUT2D eigenvalue weighted by Gasteiger charge is -2.37. The predicted molar refractivity (Wildman–Crippen MR) is 117 cm³/mol. The van der Waals surface area contributed by atoms with Crippen molar-refractivity contribution in [2.75, 3.05) is 32.1 Å². The maximum atomic E-state index is 8.05. The summed E-state index contributed by atoms with van der Waals surface area (Å²) >= 11 is 0. The molecular formula is C23H34N4O. The van der Waals surface area contributed by atoms with Crippen molar-refractivity contribution in [3.8, 4) is 5.75 Å². The van der Waals surface area contributed by atoms with Crippen molar-refractivity contribution >= 4 is 17.5 Å². The van der Waals surface area contributed by atoms with Crippen molar-refractivity contribution in [3.05, 3.63) is 29.5 Å². The second kappa shape index (κ2) is 8.16. The Balaban J connectivity index is 1.67. The first-order chi connectivity index (χ1) is 13.6. The van der Waals surface area contributed by atoms with Gasteiger partial charge in [-0.3, -0.25) is 0 Å². The second-order valence-electron chi connectivity index (χ2n) is 8.77. The van der Waals surface area contributed by atoms with Gasteiger partial charge in [-0.25, -0.2) is 0 Å². The van der Waals surface area contributed by atoms with Crippen LogP contribution in [0.2, 0.25) is 0 Å². The van der Waals surface area contributed by atoms with E-state index in [0.29, 0.717) is 18.2 Å². The molecule has 2 heterocycles. The highest BCUT2D eigenvalue weighted by atomic mass is 16.5. The summed E-state index contributed by atoms with van der Waals surface area (Å²) in [5.41, 5.74) is 4.57. The number of nitrogens with one attached hydrogen (secondary N) is 2. The highest BCUT2D eigenvalue weighted by Gasteiger charge is 2.28. The van der Waals surface area contributed by atoms with E-state index < -0.39 is 0 Å². The van der Waals surface area contributed by atoms with Crippen LogP contribution in [0.3, 0.4) is 0 Å². The maximum absolute atomic E-state index is 8.05. The van der Waals surface area contributed by atoms with Crippen LogP contribution in [0.4, 0.5) is 5.69 Å². The first-order valence-electron chi connectivity index (χ1n) is 10.8. The summed E-state index contributed by atoms with van der Waals surface area (Å²) in [5.74, 6) is 1.01. The molecule has 1 saturated carbocycles. The summed E-state index contributed by atoms with van der Waals surface area (Å²) in [6, 6.07) is 5.38. The maximum Gasteiger partial charge on any atom is 0.132 e. The number of ether oxygens (including phenoxy) is 1. The lowest BCUT2D eigenvalue weighted by Crippen LogP contribution is -2.34. The van der Waals surface area contributed by atoms with Gasteiger partial charge in [-0.1, -0.05) is 0 Å². The minimum absolute atomic E-state index is 0.332. The lowest BCUT2D eigenvalue weighted by atomic mass is 9.91. The average molecular weight is 383 g/mol. The van der Waals surface area contributed by atoms with Gasteiger partial charge in [0.2, 0.25) is 0 Å². The van der Waals surface area contributed by atoms with E-state index in [2.05, 4.69) is 48.3 Å². The topological polar surface area (TPSA) is 51.6 Å². The molecule has 1 aromatic carbocycles. The molecule has 4 rings (SSSR count). The van der Waals surface area contributed by atoms with Crippen molar-refractivity contribution in [1.82, 2.24) is 10.2 Å². The average Bonchev–Trinajstić information content (AvgIpc) is 3.07. The highest BCUT2D eigenvalue weighted by Crippen LogP contribution is 2.42. The number of likely N-dealkylation sites (tertiary alicyclic amines) is 1. The predicted octanol–water partition coefficient (Wildman–Crippen LogP) is 3.67. The van der Waals surface area contributed by atoms with Gasteiger partial charge in [0.1, 0.15) is 5.75 Å². The van der Waals surface area contributed by atoms with Gasteiger partial charge >= 0.3 is 0 Å². The Morgan fingerprint density at radius 1 is 1.21 bits per heavy atom. The van der Waals surface area contributed by atoms with E-state index in [0.717, 1.165) is 62.1 Å². The highest BCUT2D eigenvalue weighted by molar-refractivity contribution is 6.09. The number of hydrogen-bond donors (Lipinski definition) is 2. The summed E-state index contributed by atoms with van der Waals surface area (Å²) < 4.78 is 6.53. The molecule has 152 valence electrons. The molecule has 0 aromatic heterocycles. The molecule has 2 aliphatic heterocycles. The standard InChI is InChI=1S/C23H34N4O/c1-16-7-8-21-22(27(16)3)10-9-20(23(21)28-19-5-4-6-19)17(13-24)14-25-18-11-12-26(2)15-18/h9-10,13-14,16,18-19,24-25H,4-8,11-12,15H2,1-3H3/b17-14+,24-13?. The molecule has 5 heteroatoms. The number of allylic oxidation sites excluding steroid dienone is 1. The zero-order chi connectivity index (χ0) is 19.7. The molecule has 0 spiro atoms. The van der Waals surface area contributed by atoms with Crippen LogP contribution in [0.15, 0.2) is 18.3 Å². The van der Waals surface area contributed by atoms with Crippen LogP contribution in [-0.2, 0) is 6.42 Å². The van der Waals surface area contributed by atoms with E-state index in [9.17, 15) is 0 Å². The van der Waals surface area contributed by atoms with E-state index >= 15 is 0 Å². The van der Waals surface area contributed by atoms with Gasteiger partial charge in [-0.05, 0) is 71.2 Å². The molecular weight excluding hydrogens is 348 g/mol. The molecule has 2 N–H and O–H groups in total. The van der Waals surface area contributed by atoms with Crippen molar-refractivity contribution < 1.29 is 4.74 Å². The number of benzene rings is 1. The molecule has 0 radical (unpaired) electrons. The van der Waals surface area contributed by atoms with Gasteiger partial charge in [0, 0.05) is 60.5 Å². The molecule has 2 fully saturated rings. The number of fused-ring (bicyclic) bond motifs is 1. The van der Waals surface area contributed by atoms with E-state index in [1.807, 2.05) is 6.20 Å². The molecule has 1 aromatic rings. The van der Waals surface area contributed by atoms with Crippen LogP contribution < -0.4 is 15.0 Å². The normalized spacial score (nSPS) is 26.0. The quantitative estimate of drug-likeness (QED) is 0.737. The zero-order valence-corrected chi connectivity index (χ0v) is 17.5. The van der Waals surface area contributed by atoms with Crippen LogP contribution >= 0.6 is 0 Å². The fourth-order valence-electron chi connectivity index (χ4n) is 4.47. The Hall–Kier alpha value is -2.01. The Morgan fingerprint density at radius 3 is 2.68 bits per heavy atom. The van der Waals surface area contributed by atoms with E-state index in [-0.39, 0.29) is 0 Å². The van der Waals surface area contributed by atoms with E-state index in [1.165, 1.54) is 23.9 Å². The summed E-state index contributed by atoms with van der Waals surface area (Å²) in [4.78, 5) is 4.72. The Kier molecular flexibility index (Phi) is 5.63. The Bertz CT molecular complexity index is 755. The van der Waals surface area contributed by atoms with Crippen molar-refractivity contribution in [2.24, 2.45) is 0 Å². The van der Waals surface area contributed by atoms with Gasteiger partial charge in [-0.2, -0.15) is 0 Å². The second-order valence-corrected chi connectivity index (χ2v) is 8.77. The molecule has 2 unspecified atom stereocenters. The van der Waals surface area contributed by atoms with Crippen LogP contribution in [0.25, 0.3) is 5.57 Å². The van der Waals surface area contributed by atoms with Gasteiger partial charge in [0.25, 0.3) is 0 Å². The molecule has 5 nitrogen and oxygen atoms in total. The number of hydrogen-bond acceptors (Lipinski definition) is 5. The third-order valence-electron chi connectivity index (χ3n) is 6.76. The summed E-state index contributed by atoms with van der Waals surface area (Å²) in [6.45, 7) is 4.47. The molecule has 3 aliphatic rings. The number of rotatable bonds is 6. The van der Waals surface area contributed by atoms with Gasteiger partial charge in [-0.15, -0.1) is 0 Å². The van der Waals surface area contributed by atoms with Crippen LogP contribution in [0, 0.1) is 5.41 Å². The van der Waals surface area contributed by atoms with Crippen LogP contribution in [0.1, 0.15) is 50.2 Å². The Morgan fingerprint density at radius 2 is 2.04 bits per heavy atom. The largest absolute Gasteiger partial charge is 0.489 e. The molecule has 28 heavy (non-hydrogen) atoms. The molecule has 1 saturated heterocycles. The van der Waals surface area contributed by atoms with Gasteiger partial charge in [0.05, 0.1) is 6.10 Å². The third kappa shape index (κ3) is 3.77. The molecule has 0 bridgehead atoms. The first-order valence-corrected chi connectivity index (χ1v) is 10.8. The van der Waals surface area contributed by atoms with Gasteiger partial charge < -0.3 is 25.3 Å². The third-order valence-corrected chi connectivity index (χ3v) is 6.76. The first kappa shape index (κ1) is 19.3. The zero-order valence-electron chi connectivity index (χ0n) is 17.5. The van der Waals surface area contributed by atoms with Crippen molar-refractivity contribution in [1.29, 1.82) is 5.41 Å². The van der Waals surface area contributed by atoms with Gasteiger partial charge in [0.15, 0.2) is 0 Å². The minimum atomic E-state index is 0.332. The molecule has 0 amide bonds. The van der Waals surface area contributed by atoms with Crippen LogP contribution in [0.5, 0.6) is 5.75 Å². The number of likely N-dealkylation sites (N-methyl/N-ethyl adjacent to an activating group) is 1. The summed E-state index contributed by atoms with van der Waals surface area (Å²) in [7, 11) is 4.34.